The molecule has 232 valence electrons. The third kappa shape index (κ3) is 5.38. The van der Waals surface area contributed by atoms with Crippen molar-refractivity contribution in [1.29, 1.82) is 0 Å². The average Bonchev–Trinajstić information content (AvgIpc) is 3.65. The predicted molar refractivity (Wildman–Crippen MR) is 160 cm³/mol. The number of Topliss-reactive ketones (excluding diaryl/α,β-unsaturated/α-hetero) is 1. The molecule has 9 atom stereocenters. The predicted octanol–water partition coefficient (Wildman–Crippen LogP) is 4.56. The maximum absolute atomic E-state index is 13.6. The van der Waals surface area contributed by atoms with Gasteiger partial charge in [-0.15, -0.1) is 0 Å². The molecular weight excluding hydrogens is 532 g/mol. The fraction of sp³-hybridized carbons (Fsp3) is 0.735. The molecule has 3 aliphatic carbocycles. The molecule has 1 amide bonds. The number of aliphatic hydroxyl groups excluding tert-OH is 1. The van der Waals surface area contributed by atoms with Gasteiger partial charge in [-0.05, 0) is 91.9 Å². The van der Waals surface area contributed by atoms with E-state index in [-0.39, 0.29) is 47.5 Å². The van der Waals surface area contributed by atoms with Crippen molar-refractivity contribution in [3.8, 4) is 5.75 Å². The van der Waals surface area contributed by atoms with Gasteiger partial charge in [-0.3, -0.25) is 9.59 Å². The lowest BCUT2D eigenvalue weighted by Gasteiger charge is -2.62. The number of benzene rings is 1. The van der Waals surface area contributed by atoms with Crippen LogP contribution in [-0.2, 0) is 25.7 Å². The number of rotatable bonds is 8. The molecule has 4 aliphatic rings. The summed E-state index contributed by atoms with van der Waals surface area (Å²) in [5.74, 6) is 0.277. The lowest BCUT2D eigenvalue weighted by Crippen LogP contribution is -2.63. The van der Waals surface area contributed by atoms with Crippen LogP contribution in [0.25, 0.3) is 0 Å². The van der Waals surface area contributed by atoms with E-state index in [1.54, 1.807) is 6.07 Å². The fourth-order valence-electron chi connectivity index (χ4n) is 9.01. The summed E-state index contributed by atoms with van der Waals surface area (Å²) in [5.41, 5.74) is -0.341. The third-order valence-corrected chi connectivity index (χ3v) is 12.1. The number of hydrogen-bond acceptors (Lipinski definition) is 7. The van der Waals surface area contributed by atoms with Gasteiger partial charge in [-0.25, -0.2) is 4.79 Å². The third-order valence-electron chi connectivity index (χ3n) is 12.1. The molecule has 1 aliphatic heterocycles. The number of ketones is 1. The van der Waals surface area contributed by atoms with Crippen molar-refractivity contribution in [2.45, 2.75) is 111 Å². The fourth-order valence-corrected chi connectivity index (χ4v) is 9.01. The maximum atomic E-state index is 13.6. The van der Waals surface area contributed by atoms with Crippen LogP contribution >= 0.6 is 0 Å². The molecule has 3 saturated carbocycles. The summed E-state index contributed by atoms with van der Waals surface area (Å²) in [6.45, 7) is 11.7. The first-order valence-electron chi connectivity index (χ1n) is 16.1. The van der Waals surface area contributed by atoms with Crippen LogP contribution in [0.15, 0.2) is 24.3 Å². The molecule has 5 rings (SSSR count). The summed E-state index contributed by atoms with van der Waals surface area (Å²) in [5, 5.41) is 17.9. The summed E-state index contributed by atoms with van der Waals surface area (Å²) < 4.78 is 12.2. The largest absolute Gasteiger partial charge is 0.482 e. The van der Waals surface area contributed by atoms with Crippen molar-refractivity contribution in [2.75, 3.05) is 13.2 Å². The quantitative estimate of drug-likeness (QED) is 0.385. The van der Waals surface area contributed by atoms with Gasteiger partial charge in [-0.2, -0.15) is 0 Å². The van der Waals surface area contributed by atoms with Crippen molar-refractivity contribution >= 4 is 17.7 Å². The molecule has 0 spiro atoms. The van der Waals surface area contributed by atoms with Gasteiger partial charge in [0.05, 0.1) is 12.1 Å². The Kier molecular flexibility index (Phi) is 8.79. The molecule has 1 aromatic carbocycles. The van der Waals surface area contributed by atoms with Crippen LogP contribution in [0.3, 0.4) is 0 Å². The molecule has 4 fully saturated rings. The molecule has 0 aromatic heterocycles. The lowest BCUT2D eigenvalue weighted by atomic mass is 9.43. The van der Waals surface area contributed by atoms with E-state index in [0.29, 0.717) is 25.1 Å². The Morgan fingerprint density at radius 2 is 1.95 bits per heavy atom. The zero-order valence-corrected chi connectivity index (χ0v) is 26.0. The topological polar surface area (TPSA) is 114 Å². The smallest absolute Gasteiger partial charge is 0.344 e. The second kappa shape index (κ2) is 11.9. The van der Waals surface area contributed by atoms with E-state index in [4.69, 9.17) is 9.47 Å². The van der Waals surface area contributed by atoms with Crippen molar-refractivity contribution < 1.29 is 29.0 Å². The minimum atomic E-state index is -0.584. The van der Waals surface area contributed by atoms with Crippen LogP contribution in [0.4, 0.5) is 0 Å². The summed E-state index contributed by atoms with van der Waals surface area (Å²) in [6.07, 6.45) is 5.23. The zero-order valence-electron chi connectivity index (χ0n) is 26.0. The molecular formula is C34H50N2O6. The van der Waals surface area contributed by atoms with Gasteiger partial charge in [-0.1, -0.05) is 46.8 Å². The van der Waals surface area contributed by atoms with Crippen LogP contribution in [0.2, 0.25) is 0 Å². The first kappa shape index (κ1) is 31.0. The Hall–Kier alpha value is -2.45. The van der Waals surface area contributed by atoms with Gasteiger partial charge >= 0.3 is 5.97 Å². The summed E-state index contributed by atoms with van der Waals surface area (Å²) in [6, 6.07) is 7.24. The second-order valence-electron chi connectivity index (χ2n) is 14.2. The molecule has 8 nitrogen and oxygen atoms in total. The number of carbonyl (C=O) groups is 3. The van der Waals surface area contributed by atoms with Gasteiger partial charge < -0.3 is 25.2 Å². The highest BCUT2D eigenvalue weighted by Gasteiger charge is 2.68. The van der Waals surface area contributed by atoms with Gasteiger partial charge in [0.1, 0.15) is 17.6 Å². The minimum Gasteiger partial charge on any atom is -0.482 e. The van der Waals surface area contributed by atoms with E-state index in [1.165, 1.54) is 0 Å². The van der Waals surface area contributed by atoms with E-state index < -0.39 is 29.0 Å². The Morgan fingerprint density at radius 3 is 2.67 bits per heavy atom. The van der Waals surface area contributed by atoms with Crippen LogP contribution in [0.1, 0.15) is 91.5 Å². The number of hydrogen-bond donors (Lipinski definition) is 3. The van der Waals surface area contributed by atoms with E-state index >= 15 is 0 Å². The van der Waals surface area contributed by atoms with Gasteiger partial charge in [0.2, 0.25) is 5.91 Å². The summed E-state index contributed by atoms with van der Waals surface area (Å²) in [4.78, 5) is 39.4. The molecule has 2 bridgehead atoms. The molecule has 8 heteroatoms. The highest BCUT2D eigenvalue weighted by atomic mass is 16.6. The number of amides is 1. The number of nitrogens with one attached hydrogen (secondary N) is 2. The Labute approximate surface area is 250 Å². The average molecular weight is 583 g/mol. The lowest BCUT2D eigenvalue weighted by molar-refractivity contribution is -0.213. The molecule has 0 radical (unpaired) electrons. The van der Waals surface area contributed by atoms with Crippen molar-refractivity contribution in [1.82, 2.24) is 10.6 Å². The number of ether oxygens (including phenoxy) is 2. The van der Waals surface area contributed by atoms with Gasteiger partial charge in [0, 0.05) is 24.3 Å². The Bertz CT molecular complexity index is 1180. The first-order chi connectivity index (χ1) is 19.9. The van der Waals surface area contributed by atoms with Crippen LogP contribution in [0, 0.1) is 34.0 Å². The maximum Gasteiger partial charge on any atom is 0.344 e. The molecule has 3 unspecified atom stereocenters. The molecule has 42 heavy (non-hydrogen) atoms. The molecule has 1 aromatic rings. The van der Waals surface area contributed by atoms with Crippen LogP contribution in [0.5, 0.6) is 5.75 Å². The van der Waals surface area contributed by atoms with Gasteiger partial charge in [0.25, 0.3) is 0 Å². The highest BCUT2D eigenvalue weighted by Crippen LogP contribution is 2.68. The Morgan fingerprint density at radius 1 is 1.17 bits per heavy atom. The minimum absolute atomic E-state index is 0.00260. The number of esters is 1. The zero-order chi connectivity index (χ0) is 30.3. The summed E-state index contributed by atoms with van der Waals surface area (Å²) in [7, 11) is 0. The van der Waals surface area contributed by atoms with Crippen molar-refractivity contribution in [2.24, 2.45) is 34.0 Å². The molecule has 1 heterocycles. The van der Waals surface area contributed by atoms with Crippen LogP contribution < -0.4 is 15.4 Å². The Balaban J connectivity index is 1.30. The van der Waals surface area contributed by atoms with Crippen molar-refractivity contribution in [3.63, 3.8) is 0 Å². The van der Waals surface area contributed by atoms with E-state index in [9.17, 15) is 19.5 Å². The van der Waals surface area contributed by atoms with Gasteiger partial charge in [0.15, 0.2) is 6.61 Å². The van der Waals surface area contributed by atoms with E-state index in [0.717, 1.165) is 50.6 Å². The number of aliphatic hydroxyl groups is 1. The van der Waals surface area contributed by atoms with Crippen molar-refractivity contribution in [3.05, 3.63) is 29.8 Å². The van der Waals surface area contributed by atoms with E-state index in [2.05, 4.69) is 45.3 Å². The van der Waals surface area contributed by atoms with E-state index in [1.807, 2.05) is 18.2 Å². The van der Waals surface area contributed by atoms with Crippen LogP contribution in [-0.4, -0.2) is 54.2 Å². The monoisotopic (exact) mass is 582 g/mol. The molecule has 3 N–H and O–H groups in total. The molecule has 1 saturated heterocycles. The normalized spacial score (nSPS) is 39.6. The highest BCUT2D eigenvalue weighted by molar-refractivity contribution is 5.86. The standard InChI is InChI=1S/C34H50N2O6/c1-6-32(4)18-27(33(5)21(2)12-14-34(22(3)30(32)39)15-13-26(37)29(33)34)42-28(38)20-41-24-10-7-9-23(17-24)19-36-31(40)25-11-8-16-35-25/h7,9-10,17,21-22,25,27,29-30,35,39H,6,8,11-16,18-20H2,1-5H3,(H,36,40)/t21?,22-,25+,27+,29?,30-,32+,33-,34?/m0/s1. The first-order valence-corrected chi connectivity index (χ1v) is 16.1. The second-order valence-corrected chi connectivity index (χ2v) is 14.2. The summed E-state index contributed by atoms with van der Waals surface area (Å²) >= 11 is 0. The SMILES string of the molecule is CC[C@]1(C)C[C@@H](OC(=O)COc2cccc(CNC(=O)[C@H]3CCCN3)c2)[C@]2(C)C(C)CCC3(CCC(=O)C32)[C@@H](C)[C@@H]1O. The number of carbonyl (C=O) groups excluding carboxylic acids is 3.